The molecule has 30 heavy (non-hydrogen) atoms. The predicted octanol–water partition coefficient (Wildman–Crippen LogP) is 3.66. The Labute approximate surface area is 174 Å². The van der Waals surface area contributed by atoms with Crippen LogP contribution in [0.3, 0.4) is 0 Å². The molecule has 0 radical (unpaired) electrons. The average molecular weight is 406 g/mol. The lowest BCUT2D eigenvalue weighted by molar-refractivity contribution is -0.148. The van der Waals surface area contributed by atoms with Crippen molar-refractivity contribution in [1.82, 2.24) is 0 Å². The highest BCUT2D eigenvalue weighted by Gasteiger charge is 2.65. The van der Waals surface area contributed by atoms with Crippen LogP contribution in [0, 0.1) is 0 Å². The summed E-state index contributed by atoms with van der Waals surface area (Å²) < 4.78 is 17.0. The van der Waals surface area contributed by atoms with Crippen LogP contribution in [-0.4, -0.2) is 35.5 Å². The molecule has 4 rings (SSSR count). The third kappa shape index (κ3) is 3.85. The minimum Gasteiger partial charge on any atom is -0.485 e. The molecule has 0 amide bonds. The van der Waals surface area contributed by atoms with Crippen LogP contribution in [0.2, 0.25) is 0 Å². The van der Waals surface area contributed by atoms with Crippen molar-refractivity contribution in [2.45, 2.75) is 36.9 Å². The van der Waals surface area contributed by atoms with Gasteiger partial charge in [-0.3, -0.25) is 9.59 Å². The summed E-state index contributed by atoms with van der Waals surface area (Å²) >= 11 is 0. The summed E-state index contributed by atoms with van der Waals surface area (Å²) in [5, 5.41) is 0. The van der Waals surface area contributed by atoms with Gasteiger partial charge in [0.15, 0.2) is 23.6 Å². The van der Waals surface area contributed by atoms with Crippen molar-refractivity contribution < 1.29 is 28.6 Å². The second kappa shape index (κ2) is 8.14. The first-order chi connectivity index (χ1) is 14.5. The van der Waals surface area contributed by atoms with Gasteiger partial charge in [-0.1, -0.05) is 36.4 Å². The first-order valence-electron chi connectivity index (χ1n) is 9.92. The van der Waals surface area contributed by atoms with Crippen LogP contribution in [0.15, 0.2) is 72.8 Å². The van der Waals surface area contributed by atoms with E-state index in [0.717, 1.165) is 0 Å². The predicted molar refractivity (Wildman–Crippen MR) is 108 cm³/mol. The lowest BCUT2D eigenvalue weighted by atomic mass is 9.84. The molecule has 6 nitrogen and oxygen atoms in total. The van der Waals surface area contributed by atoms with Gasteiger partial charge in [0.2, 0.25) is 0 Å². The molecule has 1 aliphatic heterocycles. The van der Waals surface area contributed by atoms with Gasteiger partial charge in [0, 0.05) is 0 Å². The van der Waals surface area contributed by atoms with E-state index in [4.69, 9.17) is 14.2 Å². The molecule has 0 spiro atoms. The Kier molecular flexibility index (Phi) is 5.40. The van der Waals surface area contributed by atoms with Crippen molar-refractivity contribution >= 4 is 17.7 Å². The largest absolute Gasteiger partial charge is 0.485 e. The second-order valence-electron chi connectivity index (χ2n) is 7.55. The first kappa shape index (κ1) is 19.9. The van der Waals surface area contributed by atoms with Gasteiger partial charge in [-0.25, -0.2) is 4.79 Å². The maximum absolute atomic E-state index is 12.7. The topological polar surface area (TPSA) is 78.9 Å². The van der Waals surface area contributed by atoms with E-state index in [9.17, 15) is 14.4 Å². The van der Waals surface area contributed by atoms with Crippen LogP contribution in [0.5, 0.6) is 5.75 Å². The summed E-state index contributed by atoms with van der Waals surface area (Å²) in [7, 11) is 0. The molecule has 1 heterocycles. The molecule has 2 unspecified atom stereocenters. The number of carbonyl (C=O) groups is 3. The van der Waals surface area contributed by atoms with Crippen LogP contribution in [0.25, 0.3) is 0 Å². The third-order valence-electron chi connectivity index (χ3n) is 5.59. The van der Waals surface area contributed by atoms with Crippen LogP contribution in [0.4, 0.5) is 0 Å². The Morgan fingerprint density at radius 1 is 1.00 bits per heavy atom. The van der Waals surface area contributed by atoms with E-state index < -0.39 is 23.1 Å². The molecule has 6 heteroatoms. The zero-order valence-electron chi connectivity index (χ0n) is 16.4. The van der Waals surface area contributed by atoms with Crippen LogP contribution in [0.1, 0.15) is 36.0 Å². The number of hydrogen-bond acceptors (Lipinski definition) is 6. The smallest absolute Gasteiger partial charge is 0.338 e. The number of hydrogen-bond donors (Lipinski definition) is 0. The van der Waals surface area contributed by atoms with E-state index in [0.29, 0.717) is 30.6 Å². The average Bonchev–Trinajstić information content (AvgIpc) is 3.22. The maximum atomic E-state index is 12.7. The van der Waals surface area contributed by atoms with Gasteiger partial charge in [0.05, 0.1) is 12.0 Å². The Bertz CT molecular complexity index is 968. The fourth-order valence-corrected chi connectivity index (χ4v) is 4.13. The van der Waals surface area contributed by atoms with Gasteiger partial charge in [-0.2, -0.15) is 0 Å². The Morgan fingerprint density at radius 2 is 1.70 bits per heavy atom. The van der Waals surface area contributed by atoms with Gasteiger partial charge in [-0.15, -0.1) is 0 Å². The van der Waals surface area contributed by atoms with Crippen LogP contribution in [-0.2, 0) is 19.1 Å². The van der Waals surface area contributed by atoms with Crippen LogP contribution < -0.4 is 4.74 Å². The van der Waals surface area contributed by atoms with Crippen molar-refractivity contribution in [1.29, 1.82) is 0 Å². The number of rotatable bonds is 7. The number of fused-ring (bicyclic) bond motifs is 1. The highest BCUT2D eigenvalue weighted by molar-refractivity contribution is 5.92. The standard InChI is InChI=1S/C24H22O6/c25-19(17-28-20-10-5-2-6-11-20)12-15-23-13-7-14-24(23,16-21(26)29-23)30-22(27)18-8-3-1-4-9-18/h1-6,8-12,15H,7,13-14,16-17H2. The molecule has 1 saturated carbocycles. The SMILES string of the molecule is O=C(C=CC12CCCC1(OC(=O)c1ccccc1)CC(=O)O2)COc1ccccc1. The molecule has 0 bridgehead atoms. The molecule has 2 atom stereocenters. The quantitative estimate of drug-likeness (QED) is 0.516. The van der Waals surface area contributed by atoms with Crippen molar-refractivity contribution in [2.75, 3.05) is 6.61 Å². The summed E-state index contributed by atoms with van der Waals surface area (Å²) in [6, 6.07) is 17.7. The second-order valence-corrected chi connectivity index (χ2v) is 7.55. The highest BCUT2D eigenvalue weighted by atomic mass is 16.6. The lowest BCUT2D eigenvalue weighted by Crippen LogP contribution is -2.48. The molecular formula is C24H22O6. The fraction of sp³-hybridized carbons (Fsp3) is 0.292. The zero-order valence-corrected chi connectivity index (χ0v) is 16.4. The van der Waals surface area contributed by atoms with E-state index in [1.54, 1.807) is 42.5 Å². The molecule has 0 aromatic heterocycles. The highest BCUT2D eigenvalue weighted by Crippen LogP contribution is 2.52. The van der Waals surface area contributed by atoms with Crippen molar-refractivity contribution in [3.05, 3.63) is 78.4 Å². The minimum atomic E-state index is -1.13. The Balaban J connectivity index is 1.49. The molecule has 2 aliphatic rings. The number of esters is 2. The van der Waals surface area contributed by atoms with E-state index >= 15 is 0 Å². The van der Waals surface area contributed by atoms with Crippen molar-refractivity contribution in [2.24, 2.45) is 0 Å². The van der Waals surface area contributed by atoms with E-state index in [1.807, 2.05) is 24.3 Å². The van der Waals surface area contributed by atoms with E-state index in [-0.39, 0.29) is 18.8 Å². The molecule has 0 N–H and O–H groups in total. The monoisotopic (exact) mass is 406 g/mol. The summed E-state index contributed by atoms with van der Waals surface area (Å²) in [5.41, 5.74) is -1.83. The minimum absolute atomic E-state index is 0.0232. The summed E-state index contributed by atoms with van der Waals surface area (Å²) in [5.74, 6) is -0.622. The van der Waals surface area contributed by atoms with Gasteiger partial charge >= 0.3 is 11.9 Å². The molecular weight excluding hydrogens is 384 g/mol. The molecule has 1 saturated heterocycles. The summed E-state index contributed by atoms with van der Waals surface area (Å²) in [6.07, 6.45) is 4.61. The number of ketones is 1. The van der Waals surface area contributed by atoms with E-state index in [2.05, 4.69) is 0 Å². The number of para-hydroxylation sites is 1. The number of carbonyl (C=O) groups excluding carboxylic acids is 3. The summed E-state index contributed by atoms with van der Waals surface area (Å²) in [4.78, 5) is 37.2. The Hall–Kier alpha value is -3.41. The molecule has 2 aromatic carbocycles. The summed E-state index contributed by atoms with van der Waals surface area (Å²) in [6.45, 7) is -0.138. The van der Waals surface area contributed by atoms with Crippen molar-refractivity contribution in [3.8, 4) is 5.75 Å². The molecule has 2 aromatic rings. The lowest BCUT2D eigenvalue weighted by Gasteiger charge is -2.35. The van der Waals surface area contributed by atoms with Gasteiger partial charge in [0.1, 0.15) is 5.75 Å². The molecule has 154 valence electrons. The van der Waals surface area contributed by atoms with Gasteiger partial charge in [-0.05, 0) is 55.7 Å². The number of benzene rings is 2. The Morgan fingerprint density at radius 3 is 2.43 bits per heavy atom. The first-order valence-corrected chi connectivity index (χ1v) is 9.92. The molecule has 1 aliphatic carbocycles. The van der Waals surface area contributed by atoms with Gasteiger partial charge < -0.3 is 14.2 Å². The zero-order chi connectivity index (χ0) is 21.0. The van der Waals surface area contributed by atoms with Crippen molar-refractivity contribution in [3.63, 3.8) is 0 Å². The molecule has 2 fully saturated rings. The van der Waals surface area contributed by atoms with Gasteiger partial charge in [0.25, 0.3) is 0 Å². The number of ether oxygens (including phenoxy) is 3. The van der Waals surface area contributed by atoms with Crippen LogP contribution >= 0.6 is 0 Å². The van der Waals surface area contributed by atoms with E-state index in [1.165, 1.54) is 6.08 Å². The fourth-order valence-electron chi connectivity index (χ4n) is 4.13. The normalized spacial score (nSPS) is 25.0. The third-order valence-corrected chi connectivity index (χ3v) is 5.59. The maximum Gasteiger partial charge on any atom is 0.338 e.